The van der Waals surface area contributed by atoms with E-state index in [2.05, 4.69) is 17.9 Å². The van der Waals surface area contributed by atoms with Crippen molar-refractivity contribution in [1.82, 2.24) is 4.90 Å². The minimum Gasteiger partial charge on any atom is -0.496 e. The summed E-state index contributed by atoms with van der Waals surface area (Å²) in [6.07, 6.45) is -0.107. The Balaban J connectivity index is 1.75. The number of carbonyl (C=O) groups excluding carboxylic acids is 1. The van der Waals surface area contributed by atoms with Gasteiger partial charge in [-0.25, -0.2) is 0 Å². The number of carbonyl (C=O) groups is 1. The quantitative estimate of drug-likeness (QED) is 0.800. The molecule has 3 rings (SSSR count). The lowest BCUT2D eigenvalue weighted by Gasteiger charge is -2.37. The molecule has 0 fully saturated rings. The molecule has 1 aliphatic rings. The van der Waals surface area contributed by atoms with Crippen molar-refractivity contribution in [3.63, 3.8) is 0 Å². The van der Waals surface area contributed by atoms with Crippen LogP contribution in [0.1, 0.15) is 17.3 Å². The number of fused-ring (bicyclic) bond motifs is 1. The van der Waals surface area contributed by atoms with Crippen molar-refractivity contribution in [3.8, 4) is 11.5 Å². The zero-order valence-corrected chi connectivity index (χ0v) is 16.0. The van der Waals surface area contributed by atoms with Gasteiger partial charge in [0, 0.05) is 18.6 Å². The van der Waals surface area contributed by atoms with Gasteiger partial charge in [0.25, 0.3) is 5.91 Å². The number of hydrogen-bond donors (Lipinski definition) is 0. The highest BCUT2D eigenvalue weighted by Crippen LogP contribution is 2.33. The van der Waals surface area contributed by atoms with Crippen LogP contribution in [0.3, 0.4) is 0 Å². The molecule has 0 N–H and O–H groups in total. The fraction of sp³-hybridized carbons (Fsp3) is 0.350. The molecular formula is C20H23ClN2O3. The average molecular weight is 375 g/mol. The smallest absolute Gasteiger partial charge is 0.257 e. The number of benzene rings is 2. The minimum atomic E-state index is -0.144. The number of halogens is 1. The van der Waals surface area contributed by atoms with Crippen molar-refractivity contribution in [2.75, 3.05) is 38.7 Å². The van der Waals surface area contributed by atoms with E-state index in [0.717, 1.165) is 24.5 Å². The molecule has 138 valence electrons. The molecule has 0 spiro atoms. The van der Waals surface area contributed by atoms with E-state index in [1.807, 2.05) is 18.2 Å². The molecule has 0 unspecified atom stereocenters. The molecule has 2 aromatic rings. The lowest BCUT2D eigenvalue weighted by Crippen LogP contribution is -2.46. The molecule has 5 nitrogen and oxygen atoms in total. The number of likely N-dealkylation sites (N-methyl/N-ethyl adjacent to an activating group) is 2. The number of rotatable bonds is 5. The summed E-state index contributed by atoms with van der Waals surface area (Å²) >= 11 is 6.05. The maximum absolute atomic E-state index is 12.9. The van der Waals surface area contributed by atoms with Gasteiger partial charge in [-0.1, -0.05) is 23.7 Å². The van der Waals surface area contributed by atoms with Crippen LogP contribution in [0.5, 0.6) is 11.5 Å². The van der Waals surface area contributed by atoms with Crippen molar-refractivity contribution >= 4 is 23.2 Å². The van der Waals surface area contributed by atoms with Gasteiger partial charge in [-0.05, 0) is 37.3 Å². The Morgan fingerprint density at radius 2 is 2.12 bits per heavy atom. The van der Waals surface area contributed by atoms with Gasteiger partial charge in [0.15, 0.2) is 0 Å². The maximum atomic E-state index is 12.9. The lowest BCUT2D eigenvalue weighted by molar-refractivity contribution is 0.0706. The molecule has 0 bridgehead atoms. The van der Waals surface area contributed by atoms with Gasteiger partial charge < -0.3 is 19.3 Å². The Bertz CT molecular complexity index is 796. The highest BCUT2D eigenvalue weighted by atomic mass is 35.5. The van der Waals surface area contributed by atoms with Crippen molar-refractivity contribution in [2.45, 2.75) is 13.0 Å². The molecule has 0 radical (unpaired) electrons. The van der Waals surface area contributed by atoms with E-state index in [9.17, 15) is 4.79 Å². The Kier molecular flexibility index (Phi) is 5.57. The number of ether oxygens (including phenoxy) is 2. The van der Waals surface area contributed by atoms with E-state index < -0.39 is 0 Å². The van der Waals surface area contributed by atoms with Crippen LogP contribution in [-0.2, 0) is 0 Å². The Morgan fingerprint density at radius 1 is 1.35 bits per heavy atom. The standard InChI is InChI=1S/C20H23ClN2O3/c1-4-23-13-15(26-19-8-6-5-7-17(19)23)12-22(2)20(24)16-11-14(21)9-10-18(16)25-3/h5-11,15H,4,12-13H2,1-3H3/t15-/m1/s1. The Labute approximate surface area is 159 Å². The van der Waals surface area contributed by atoms with E-state index in [0.29, 0.717) is 22.9 Å². The Hall–Kier alpha value is -2.40. The summed E-state index contributed by atoms with van der Waals surface area (Å²) in [6.45, 7) is 4.21. The normalized spacial score (nSPS) is 15.8. The molecule has 6 heteroatoms. The maximum Gasteiger partial charge on any atom is 0.257 e. The second-order valence-corrected chi connectivity index (χ2v) is 6.71. The number of nitrogens with zero attached hydrogens (tertiary/aromatic N) is 2. The van der Waals surface area contributed by atoms with Crippen molar-refractivity contribution in [2.24, 2.45) is 0 Å². The SMILES string of the molecule is CCN1C[C@@H](CN(C)C(=O)c2cc(Cl)ccc2OC)Oc2ccccc21. The zero-order valence-electron chi connectivity index (χ0n) is 15.2. The van der Waals surface area contributed by atoms with E-state index in [1.165, 1.54) is 0 Å². The molecule has 2 aromatic carbocycles. The minimum absolute atomic E-state index is 0.107. The summed E-state index contributed by atoms with van der Waals surface area (Å²) in [4.78, 5) is 16.8. The number of methoxy groups -OCH3 is 1. The lowest BCUT2D eigenvalue weighted by atomic mass is 10.1. The van der Waals surface area contributed by atoms with Crippen LogP contribution in [0.15, 0.2) is 42.5 Å². The Morgan fingerprint density at radius 3 is 2.85 bits per heavy atom. The second-order valence-electron chi connectivity index (χ2n) is 6.28. The first-order valence-corrected chi connectivity index (χ1v) is 9.01. The number of amides is 1. The summed E-state index contributed by atoms with van der Waals surface area (Å²) in [5, 5.41) is 0.502. The monoisotopic (exact) mass is 374 g/mol. The van der Waals surface area contributed by atoms with Crippen LogP contribution in [0.25, 0.3) is 0 Å². The molecule has 1 aliphatic heterocycles. The third-order valence-corrected chi connectivity index (χ3v) is 4.76. The van der Waals surface area contributed by atoms with E-state index in [1.54, 1.807) is 37.3 Å². The van der Waals surface area contributed by atoms with E-state index >= 15 is 0 Å². The van der Waals surface area contributed by atoms with E-state index in [4.69, 9.17) is 21.1 Å². The van der Waals surface area contributed by atoms with Crippen molar-refractivity contribution < 1.29 is 14.3 Å². The van der Waals surface area contributed by atoms with Gasteiger partial charge in [-0.2, -0.15) is 0 Å². The van der Waals surface area contributed by atoms with Gasteiger partial charge in [-0.3, -0.25) is 4.79 Å². The highest BCUT2D eigenvalue weighted by molar-refractivity contribution is 6.31. The summed E-state index contributed by atoms with van der Waals surface area (Å²) in [5.74, 6) is 1.22. The molecule has 0 aromatic heterocycles. The van der Waals surface area contributed by atoms with Crippen LogP contribution < -0.4 is 14.4 Å². The summed E-state index contributed by atoms with van der Waals surface area (Å²) in [7, 11) is 3.31. The third kappa shape index (κ3) is 3.73. The van der Waals surface area contributed by atoms with Crippen LogP contribution in [0.4, 0.5) is 5.69 Å². The van der Waals surface area contributed by atoms with Gasteiger partial charge in [0.1, 0.15) is 17.6 Å². The van der Waals surface area contributed by atoms with Crippen LogP contribution >= 0.6 is 11.6 Å². The highest BCUT2D eigenvalue weighted by Gasteiger charge is 2.27. The summed E-state index contributed by atoms with van der Waals surface area (Å²) < 4.78 is 11.4. The van der Waals surface area contributed by atoms with Crippen molar-refractivity contribution in [1.29, 1.82) is 0 Å². The third-order valence-electron chi connectivity index (χ3n) is 4.52. The van der Waals surface area contributed by atoms with Crippen LogP contribution in [0, 0.1) is 0 Å². The summed E-state index contributed by atoms with van der Waals surface area (Å²) in [6, 6.07) is 13.0. The fourth-order valence-electron chi connectivity index (χ4n) is 3.21. The van der Waals surface area contributed by atoms with Gasteiger partial charge in [0.05, 0.1) is 31.5 Å². The average Bonchev–Trinajstić information content (AvgIpc) is 2.66. The summed E-state index contributed by atoms with van der Waals surface area (Å²) in [5.41, 5.74) is 1.54. The number of anilines is 1. The molecule has 0 saturated carbocycles. The molecule has 1 atom stereocenters. The van der Waals surface area contributed by atoms with Gasteiger partial charge in [0.2, 0.25) is 0 Å². The van der Waals surface area contributed by atoms with Gasteiger partial charge in [-0.15, -0.1) is 0 Å². The zero-order chi connectivity index (χ0) is 18.7. The molecule has 1 heterocycles. The number of hydrogen-bond acceptors (Lipinski definition) is 4. The molecule has 26 heavy (non-hydrogen) atoms. The topological polar surface area (TPSA) is 42.0 Å². The first kappa shape index (κ1) is 18.4. The predicted molar refractivity (Wildman–Crippen MR) is 104 cm³/mol. The predicted octanol–water partition coefficient (Wildman–Crippen LogP) is 3.71. The second kappa shape index (κ2) is 7.87. The van der Waals surface area contributed by atoms with Crippen LogP contribution in [0.2, 0.25) is 5.02 Å². The molecule has 1 amide bonds. The van der Waals surface area contributed by atoms with Crippen molar-refractivity contribution in [3.05, 3.63) is 53.1 Å². The molecule has 0 aliphatic carbocycles. The molecule has 0 saturated heterocycles. The van der Waals surface area contributed by atoms with Crippen LogP contribution in [-0.4, -0.2) is 50.7 Å². The van der Waals surface area contributed by atoms with Gasteiger partial charge >= 0.3 is 0 Å². The molecular weight excluding hydrogens is 352 g/mol. The number of para-hydroxylation sites is 2. The first-order chi connectivity index (χ1) is 12.5. The largest absolute Gasteiger partial charge is 0.496 e. The first-order valence-electron chi connectivity index (χ1n) is 8.63. The van der Waals surface area contributed by atoms with E-state index in [-0.39, 0.29) is 12.0 Å². The fourth-order valence-corrected chi connectivity index (χ4v) is 3.39.